The van der Waals surface area contributed by atoms with Crippen molar-refractivity contribution < 1.29 is 12.8 Å². The second-order valence-corrected chi connectivity index (χ2v) is 5.79. The lowest BCUT2D eigenvalue weighted by molar-refractivity contribution is 0.566. The van der Waals surface area contributed by atoms with E-state index in [4.69, 9.17) is 0 Å². The number of halogens is 1. The zero-order chi connectivity index (χ0) is 13.9. The molecule has 19 heavy (non-hydrogen) atoms. The van der Waals surface area contributed by atoms with Crippen LogP contribution in [0.3, 0.4) is 0 Å². The summed E-state index contributed by atoms with van der Waals surface area (Å²) in [6, 6.07) is 7.78. The van der Waals surface area contributed by atoms with Crippen LogP contribution in [0.25, 0.3) is 0 Å². The highest BCUT2D eigenvalue weighted by Crippen LogP contribution is 2.16. The summed E-state index contributed by atoms with van der Waals surface area (Å²) in [7, 11) is -3.66. The molecule has 0 saturated carbocycles. The lowest BCUT2D eigenvalue weighted by Crippen LogP contribution is -2.26. The second-order valence-electron chi connectivity index (χ2n) is 4.08. The Bertz CT molecular complexity index is 642. The van der Waals surface area contributed by atoms with Crippen LogP contribution in [0.15, 0.2) is 53.7 Å². The Morgan fingerprint density at radius 3 is 2.26 bits per heavy atom. The molecule has 1 N–H and O–H groups in total. The third-order valence-corrected chi connectivity index (χ3v) is 4.22. The zero-order valence-corrected chi connectivity index (χ0v) is 11.1. The monoisotopic (exact) mass is 280 g/mol. The van der Waals surface area contributed by atoms with Crippen molar-refractivity contribution in [2.75, 3.05) is 0 Å². The quantitative estimate of drug-likeness (QED) is 0.934. The standard InChI is InChI=1S/C13H13FN2O2S/c1-10(11-6-8-15-9-7-11)16-19(17,18)13-4-2-12(14)3-5-13/h2-10,16H,1H3/t10-/m0/s1. The molecule has 0 fully saturated rings. The Balaban J connectivity index is 2.20. The number of nitrogens with zero attached hydrogens (tertiary/aromatic N) is 1. The van der Waals surface area contributed by atoms with Gasteiger partial charge in [0.2, 0.25) is 10.0 Å². The molecule has 1 aromatic heterocycles. The summed E-state index contributed by atoms with van der Waals surface area (Å²) in [5, 5.41) is 0. The van der Waals surface area contributed by atoms with Crippen LogP contribution in [0.1, 0.15) is 18.5 Å². The van der Waals surface area contributed by atoms with E-state index in [1.807, 2.05) is 0 Å². The van der Waals surface area contributed by atoms with Crippen molar-refractivity contribution in [3.05, 3.63) is 60.2 Å². The van der Waals surface area contributed by atoms with Gasteiger partial charge in [0.15, 0.2) is 0 Å². The molecule has 6 heteroatoms. The molecule has 0 saturated heterocycles. The van der Waals surface area contributed by atoms with E-state index in [-0.39, 0.29) is 4.90 Å². The molecule has 1 aromatic carbocycles. The lowest BCUT2D eigenvalue weighted by Gasteiger charge is -2.14. The molecule has 100 valence electrons. The van der Waals surface area contributed by atoms with Crippen molar-refractivity contribution >= 4 is 10.0 Å². The van der Waals surface area contributed by atoms with Crippen molar-refractivity contribution in [3.63, 3.8) is 0 Å². The number of rotatable bonds is 4. The van der Waals surface area contributed by atoms with E-state index in [9.17, 15) is 12.8 Å². The summed E-state index contributed by atoms with van der Waals surface area (Å²) in [5.74, 6) is -0.471. The number of nitrogens with one attached hydrogen (secondary N) is 1. The number of aromatic nitrogens is 1. The Morgan fingerprint density at radius 1 is 1.11 bits per heavy atom. The van der Waals surface area contributed by atoms with Crippen LogP contribution in [0.5, 0.6) is 0 Å². The van der Waals surface area contributed by atoms with Gasteiger partial charge in [0.05, 0.1) is 4.90 Å². The first-order chi connectivity index (χ1) is 8.99. The minimum atomic E-state index is -3.66. The largest absolute Gasteiger partial charge is 0.265 e. The highest BCUT2D eigenvalue weighted by molar-refractivity contribution is 7.89. The van der Waals surface area contributed by atoms with Gasteiger partial charge in [0.25, 0.3) is 0 Å². The Kier molecular flexibility index (Phi) is 3.92. The van der Waals surface area contributed by atoms with Gasteiger partial charge in [0, 0.05) is 18.4 Å². The van der Waals surface area contributed by atoms with Crippen LogP contribution >= 0.6 is 0 Å². The van der Waals surface area contributed by atoms with Crippen LogP contribution in [0, 0.1) is 5.82 Å². The van der Waals surface area contributed by atoms with Gasteiger partial charge in [-0.25, -0.2) is 17.5 Å². The van der Waals surface area contributed by atoms with Gasteiger partial charge in [-0.05, 0) is 48.9 Å². The van der Waals surface area contributed by atoms with E-state index in [2.05, 4.69) is 9.71 Å². The van der Waals surface area contributed by atoms with Gasteiger partial charge >= 0.3 is 0 Å². The summed E-state index contributed by atoms with van der Waals surface area (Å²) in [6.45, 7) is 1.73. The number of hydrogen-bond acceptors (Lipinski definition) is 3. The maximum absolute atomic E-state index is 12.8. The summed E-state index contributed by atoms with van der Waals surface area (Å²) in [5.41, 5.74) is 0.806. The third-order valence-electron chi connectivity index (χ3n) is 2.66. The maximum atomic E-state index is 12.8. The maximum Gasteiger partial charge on any atom is 0.241 e. The fourth-order valence-corrected chi connectivity index (χ4v) is 2.87. The topological polar surface area (TPSA) is 59.1 Å². The first kappa shape index (κ1) is 13.6. The molecule has 0 spiro atoms. The normalized spacial score (nSPS) is 13.2. The van der Waals surface area contributed by atoms with Gasteiger partial charge in [-0.2, -0.15) is 0 Å². The molecule has 0 bridgehead atoms. The zero-order valence-electron chi connectivity index (χ0n) is 10.2. The van der Waals surface area contributed by atoms with Gasteiger partial charge < -0.3 is 0 Å². The third kappa shape index (κ3) is 3.36. The Morgan fingerprint density at radius 2 is 1.68 bits per heavy atom. The first-order valence-electron chi connectivity index (χ1n) is 5.67. The molecule has 1 atom stereocenters. The lowest BCUT2D eigenvalue weighted by atomic mass is 10.1. The van der Waals surface area contributed by atoms with Crippen LogP contribution in [-0.2, 0) is 10.0 Å². The fraction of sp³-hybridized carbons (Fsp3) is 0.154. The van der Waals surface area contributed by atoms with E-state index in [0.29, 0.717) is 0 Å². The highest BCUT2D eigenvalue weighted by atomic mass is 32.2. The van der Waals surface area contributed by atoms with Crippen LogP contribution in [-0.4, -0.2) is 13.4 Å². The molecule has 0 aliphatic rings. The van der Waals surface area contributed by atoms with Crippen molar-refractivity contribution in [1.82, 2.24) is 9.71 Å². The van der Waals surface area contributed by atoms with Crippen molar-refractivity contribution in [2.45, 2.75) is 17.9 Å². The number of sulfonamides is 1. The molecule has 0 radical (unpaired) electrons. The minimum Gasteiger partial charge on any atom is -0.265 e. The molecule has 0 aliphatic carbocycles. The van der Waals surface area contributed by atoms with Crippen LogP contribution < -0.4 is 4.72 Å². The number of hydrogen-bond donors (Lipinski definition) is 1. The van der Waals surface area contributed by atoms with E-state index in [0.717, 1.165) is 17.7 Å². The van der Waals surface area contributed by atoms with Gasteiger partial charge in [-0.1, -0.05) is 0 Å². The molecule has 2 aromatic rings. The van der Waals surface area contributed by atoms with Gasteiger partial charge in [0.1, 0.15) is 5.82 Å². The molecule has 2 rings (SSSR count). The average Bonchev–Trinajstić information content (AvgIpc) is 2.40. The minimum absolute atomic E-state index is 0.0369. The van der Waals surface area contributed by atoms with E-state index < -0.39 is 21.9 Å². The predicted octanol–water partition coefficient (Wildman–Crippen LogP) is 2.26. The van der Waals surface area contributed by atoms with Crippen LogP contribution in [0.2, 0.25) is 0 Å². The van der Waals surface area contributed by atoms with E-state index >= 15 is 0 Å². The van der Waals surface area contributed by atoms with Crippen molar-refractivity contribution in [2.24, 2.45) is 0 Å². The molecule has 1 heterocycles. The number of benzene rings is 1. The summed E-state index contributed by atoms with van der Waals surface area (Å²) in [6.07, 6.45) is 3.19. The SMILES string of the molecule is C[C@H](NS(=O)(=O)c1ccc(F)cc1)c1ccncc1. The Labute approximate surface area is 111 Å². The number of pyridine rings is 1. The summed E-state index contributed by atoms with van der Waals surface area (Å²) in [4.78, 5) is 3.91. The van der Waals surface area contributed by atoms with E-state index in [1.165, 1.54) is 12.1 Å². The first-order valence-corrected chi connectivity index (χ1v) is 7.15. The average molecular weight is 280 g/mol. The predicted molar refractivity (Wildman–Crippen MR) is 69.4 cm³/mol. The Hall–Kier alpha value is -1.79. The molecular formula is C13H13FN2O2S. The molecule has 0 aliphatic heterocycles. The molecule has 4 nitrogen and oxygen atoms in total. The van der Waals surface area contributed by atoms with E-state index in [1.54, 1.807) is 31.5 Å². The molecule has 0 amide bonds. The second kappa shape index (κ2) is 5.46. The smallest absolute Gasteiger partial charge is 0.241 e. The summed E-state index contributed by atoms with van der Waals surface area (Å²) < 4.78 is 39.5. The van der Waals surface area contributed by atoms with Crippen molar-refractivity contribution in [1.29, 1.82) is 0 Å². The van der Waals surface area contributed by atoms with Crippen molar-refractivity contribution in [3.8, 4) is 0 Å². The fourth-order valence-electron chi connectivity index (χ4n) is 1.63. The highest BCUT2D eigenvalue weighted by Gasteiger charge is 2.18. The van der Waals surface area contributed by atoms with Crippen LogP contribution in [0.4, 0.5) is 4.39 Å². The summed E-state index contributed by atoms with van der Waals surface area (Å²) >= 11 is 0. The van der Waals surface area contributed by atoms with Gasteiger partial charge in [-0.15, -0.1) is 0 Å². The molecular weight excluding hydrogens is 267 g/mol. The molecule has 0 unspecified atom stereocenters. The van der Waals surface area contributed by atoms with Gasteiger partial charge in [-0.3, -0.25) is 4.98 Å².